The van der Waals surface area contributed by atoms with Crippen LogP contribution in [0.25, 0.3) is 10.9 Å². The number of aromatic nitrogens is 1. The van der Waals surface area contributed by atoms with Gasteiger partial charge in [0.2, 0.25) is 0 Å². The van der Waals surface area contributed by atoms with E-state index in [1.54, 1.807) is 18.2 Å². The fraction of sp³-hybridized carbons (Fsp3) is 0.412. The Morgan fingerprint density at radius 1 is 1.43 bits per heavy atom. The van der Waals surface area contributed by atoms with Crippen LogP contribution in [-0.2, 0) is 0 Å². The summed E-state index contributed by atoms with van der Waals surface area (Å²) in [4.78, 5) is 18.2. The van der Waals surface area contributed by atoms with E-state index in [-0.39, 0.29) is 16.7 Å². The number of carboxylic acid groups (broad SMARTS) is 1. The second kappa shape index (κ2) is 6.34. The van der Waals surface area contributed by atoms with Gasteiger partial charge >= 0.3 is 5.97 Å². The molecule has 23 heavy (non-hydrogen) atoms. The summed E-state index contributed by atoms with van der Waals surface area (Å²) < 4.78 is 0. The quantitative estimate of drug-likeness (QED) is 0.898. The molecule has 0 radical (unpaired) electrons. The molecule has 6 heteroatoms. The Morgan fingerprint density at radius 2 is 2.22 bits per heavy atom. The van der Waals surface area contributed by atoms with Crippen molar-refractivity contribution in [3.8, 4) is 0 Å². The molecule has 1 aliphatic rings. The zero-order valence-electron chi connectivity index (χ0n) is 12.9. The smallest absolute Gasteiger partial charge is 0.337 e. The maximum Gasteiger partial charge on any atom is 0.337 e. The van der Waals surface area contributed by atoms with Crippen LogP contribution in [-0.4, -0.2) is 40.4 Å². The van der Waals surface area contributed by atoms with E-state index in [9.17, 15) is 15.0 Å². The summed E-state index contributed by atoms with van der Waals surface area (Å²) in [5, 5.41) is 19.6. The van der Waals surface area contributed by atoms with Gasteiger partial charge in [0, 0.05) is 18.5 Å². The van der Waals surface area contributed by atoms with Crippen LogP contribution in [0.2, 0.25) is 5.02 Å². The molecule has 2 atom stereocenters. The standard InChI is InChI=1S/C17H19ClN2O3/c1-10(21)8-11-6-7-20(9-11)15-5-2-12-14(19-15)4-3-13(18)16(12)17(22)23/h2-5,10-11,21H,6-9H2,1H3,(H,22,23)/t10?,11-/m0/s1. The van der Waals surface area contributed by atoms with Crippen molar-refractivity contribution in [3.63, 3.8) is 0 Å². The van der Waals surface area contributed by atoms with Gasteiger partial charge in [-0.15, -0.1) is 0 Å². The third kappa shape index (κ3) is 3.26. The average Bonchev–Trinajstić information content (AvgIpc) is 2.93. The molecule has 1 fully saturated rings. The van der Waals surface area contributed by atoms with E-state index in [0.717, 1.165) is 31.7 Å². The zero-order chi connectivity index (χ0) is 16.6. The summed E-state index contributed by atoms with van der Waals surface area (Å²) in [5.41, 5.74) is 0.722. The Morgan fingerprint density at radius 3 is 2.91 bits per heavy atom. The topological polar surface area (TPSA) is 73.7 Å². The molecule has 0 bridgehead atoms. The van der Waals surface area contributed by atoms with E-state index in [2.05, 4.69) is 9.88 Å². The van der Waals surface area contributed by atoms with E-state index in [0.29, 0.717) is 16.8 Å². The lowest BCUT2D eigenvalue weighted by Crippen LogP contribution is -2.21. The summed E-state index contributed by atoms with van der Waals surface area (Å²) in [5.74, 6) is 0.255. The molecule has 2 N–H and O–H groups in total. The fourth-order valence-electron chi connectivity index (χ4n) is 3.28. The van der Waals surface area contributed by atoms with Gasteiger partial charge in [0.15, 0.2) is 0 Å². The van der Waals surface area contributed by atoms with Crippen molar-refractivity contribution in [2.45, 2.75) is 25.9 Å². The SMILES string of the molecule is CC(O)C[C@@H]1CCN(c2ccc3c(C(=O)O)c(Cl)ccc3n2)C1. The molecule has 1 aromatic carbocycles. The minimum atomic E-state index is -1.05. The largest absolute Gasteiger partial charge is 0.478 e. The van der Waals surface area contributed by atoms with E-state index < -0.39 is 5.97 Å². The first kappa shape index (κ1) is 16.0. The van der Waals surface area contributed by atoms with E-state index >= 15 is 0 Å². The molecule has 2 aromatic rings. The third-order valence-electron chi connectivity index (χ3n) is 4.30. The number of hydrogen-bond acceptors (Lipinski definition) is 4. The molecule has 0 aliphatic carbocycles. The van der Waals surface area contributed by atoms with Gasteiger partial charge in [-0.1, -0.05) is 11.6 Å². The summed E-state index contributed by atoms with van der Waals surface area (Å²) in [7, 11) is 0. The van der Waals surface area contributed by atoms with E-state index in [1.807, 2.05) is 13.0 Å². The van der Waals surface area contributed by atoms with Gasteiger partial charge in [-0.05, 0) is 49.9 Å². The summed E-state index contributed by atoms with van der Waals surface area (Å²) in [6, 6.07) is 6.94. The molecule has 1 aromatic heterocycles. The molecule has 0 saturated carbocycles. The van der Waals surface area contributed by atoms with Crippen molar-refractivity contribution in [2.24, 2.45) is 5.92 Å². The highest BCUT2D eigenvalue weighted by Crippen LogP contribution is 2.30. The number of aliphatic hydroxyl groups is 1. The normalized spacial score (nSPS) is 19.3. The van der Waals surface area contributed by atoms with Crippen LogP contribution in [0.4, 0.5) is 5.82 Å². The highest BCUT2D eigenvalue weighted by atomic mass is 35.5. The van der Waals surface area contributed by atoms with Crippen LogP contribution < -0.4 is 4.90 Å². The first-order valence-corrected chi connectivity index (χ1v) is 8.09. The van der Waals surface area contributed by atoms with Gasteiger partial charge in [0.05, 0.1) is 22.2 Å². The Hall–Kier alpha value is -1.85. The summed E-state index contributed by atoms with van der Waals surface area (Å²) in [6.45, 7) is 3.58. The molecule has 3 rings (SSSR count). The van der Waals surface area contributed by atoms with Crippen LogP contribution in [0.15, 0.2) is 24.3 Å². The molecule has 0 amide bonds. The van der Waals surface area contributed by atoms with Crippen LogP contribution in [0.5, 0.6) is 0 Å². The number of halogens is 1. The summed E-state index contributed by atoms with van der Waals surface area (Å²) in [6.07, 6.45) is 1.54. The number of hydrogen-bond donors (Lipinski definition) is 2. The number of rotatable bonds is 4. The maximum absolute atomic E-state index is 11.4. The van der Waals surface area contributed by atoms with Crippen LogP contribution in [0, 0.1) is 5.92 Å². The van der Waals surface area contributed by atoms with Gasteiger partial charge in [-0.3, -0.25) is 0 Å². The zero-order valence-corrected chi connectivity index (χ0v) is 13.6. The van der Waals surface area contributed by atoms with E-state index in [4.69, 9.17) is 11.6 Å². The molecule has 5 nitrogen and oxygen atoms in total. The highest BCUT2D eigenvalue weighted by Gasteiger charge is 2.25. The number of benzene rings is 1. The first-order valence-electron chi connectivity index (χ1n) is 7.71. The van der Waals surface area contributed by atoms with Gasteiger partial charge in [-0.25, -0.2) is 9.78 Å². The number of nitrogens with zero attached hydrogens (tertiary/aromatic N) is 2. The second-order valence-electron chi connectivity index (χ2n) is 6.15. The molecule has 1 saturated heterocycles. The third-order valence-corrected chi connectivity index (χ3v) is 4.62. The fourth-order valence-corrected chi connectivity index (χ4v) is 3.52. The Bertz CT molecular complexity index is 748. The minimum absolute atomic E-state index is 0.0941. The van der Waals surface area contributed by atoms with Crippen LogP contribution in [0.1, 0.15) is 30.1 Å². The lowest BCUT2D eigenvalue weighted by atomic mass is 10.0. The van der Waals surface area contributed by atoms with Crippen molar-refractivity contribution in [2.75, 3.05) is 18.0 Å². The minimum Gasteiger partial charge on any atom is -0.478 e. The number of aliphatic hydroxyl groups excluding tert-OH is 1. The van der Waals surface area contributed by atoms with E-state index in [1.165, 1.54) is 0 Å². The predicted octanol–water partition coefficient (Wildman–Crippen LogP) is 3.18. The maximum atomic E-state index is 11.4. The number of pyridine rings is 1. The Labute approximate surface area is 139 Å². The number of carbonyl (C=O) groups is 1. The molecule has 2 heterocycles. The van der Waals surface area contributed by atoms with Gasteiger partial charge in [0.1, 0.15) is 5.82 Å². The Kier molecular flexibility index (Phi) is 4.41. The van der Waals surface area contributed by atoms with Gasteiger partial charge in [-0.2, -0.15) is 0 Å². The molecule has 1 aliphatic heterocycles. The van der Waals surface area contributed by atoms with Crippen molar-refractivity contribution in [1.82, 2.24) is 4.98 Å². The van der Waals surface area contributed by atoms with Crippen molar-refractivity contribution in [3.05, 3.63) is 34.9 Å². The number of fused-ring (bicyclic) bond motifs is 1. The molecule has 1 unspecified atom stereocenters. The first-order chi connectivity index (χ1) is 11.0. The van der Waals surface area contributed by atoms with Crippen molar-refractivity contribution < 1.29 is 15.0 Å². The lowest BCUT2D eigenvalue weighted by Gasteiger charge is -2.19. The molecule has 122 valence electrons. The summed E-state index contributed by atoms with van der Waals surface area (Å²) >= 11 is 5.99. The number of anilines is 1. The second-order valence-corrected chi connectivity index (χ2v) is 6.56. The monoisotopic (exact) mass is 334 g/mol. The molecule has 0 spiro atoms. The van der Waals surface area contributed by atoms with Crippen LogP contribution >= 0.6 is 11.6 Å². The lowest BCUT2D eigenvalue weighted by molar-refractivity contribution is 0.0699. The van der Waals surface area contributed by atoms with Gasteiger partial charge in [0.25, 0.3) is 0 Å². The molecular weight excluding hydrogens is 316 g/mol. The van der Waals surface area contributed by atoms with Gasteiger partial charge < -0.3 is 15.1 Å². The molecular formula is C17H19ClN2O3. The number of aromatic carboxylic acids is 1. The average molecular weight is 335 g/mol. The highest BCUT2D eigenvalue weighted by molar-refractivity contribution is 6.35. The number of carboxylic acids is 1. The Balaban J connectivity index is 1.90. The van der Waals surface area contributed by atoms with Crippen LogP contribution in [0.3, 0.4) is 0 Å². The van der Waals surface area contributed by atoms with Crippen molar-refractivity contribution >= 4 is 34.3 Å². The predicted molar refractivity (Wildman–Crippen MR) is 90.3 cm³/mol. The van der Waals surface area contributed by atoms with Crippen molar-refractivity contribution in [1.29, 1.82) is 0 Å².